The van der Waals surface area contributed by atoms with Crippen molar-refractivity contribution >= 4 is 29.1 Å². The van der Waals surface area contributed by atoms with Crippen molar-refractivity contribution in [2.45, 2.75) is 19.3 Å². The molecule has 1 heterocycles. The molecule has 0 atom stereocenters. The molecular weight excluding hydrogens is 356 g/mol. The Labute approximate surface area is 163 Å². The number of primary amides is 2. The smallest absolute Gasteiger partial charge is 0.248 e. The van der Waals surface area contributed by atoms with Gasteiger partial charge in [-0.3, -0.25) is 9.59 Å². The van der Waals surface area contributed by atoms with Crippen molar-refractivity contribution in [3.05, 3.63) is 87.9 Å². The Kier molecular flexibility index (Phi) is 6.14. The van der Waals surface area contributed by atoms with E-state index in [4.69, 9.17) is 11.5 Å². The van der Waals surface area contributed by atoms with Gasteiger partial charge in [0, 0.05) is 21.8 Å². The van der Waals surface area contributed by atoms with Gasteiger partial charge in [-0.1, -0.05) is 48.6 Å². The molecule has 4 nitrogen and oxygen atoms in total. The molecule has 3 rings (SSSR count). The number of benzene rings is 1. The van der Waals surface area contributed by atoms with E-state index in [1.165, 1.54) is 0 Å². The quantitative estimate of drug-likeness (QED) is 0.834. The van der Waals surface area contributed by atoms with Gasteiger partial charge >= 0.3 is 0 Å². The minimum atomic E-state index is -0.461. The highest BCUT2D eigenvalue weighted by Gasteiger charge is 2.18. The lowest BCUT2D eigenvalue weighted by molar-refractivity contribution is -0.114. The minimum absolute atomic E-state index is 0.392. The lowest BCUT2D eigenvalue weighted by Gasteiger charge is -2.16. The third-order valence-electron chi connectivity index (χ3n) is 4.50. The highest BCUT2D eigenvalue weighted by molar-refractivity contribution is 8.03. The zero-order chi connectivity index (χ0) is 19.2. The molecule has 0 saturated carbocycles. The standard InChI is InChI=1S/C22H22N2O2S/c23-21(25)18-9-4-8-17(14-18)15-10-5-13-27-20(16-6-2-1-3-7-16)19(12-11-15)22(24)26/h1-2,4-6,8-11,14H,3,7,12-13H2,(H2,23,25)(H2,24,26)/b10-5-,15-11+,20-19+. The maximum absolute atomic E-state index is 12.2. The van der Waals surface area contributed by atoms with Gasteiger partial charge in [-0.05, 0) is 48.1 Å². The van der Waals surface area contributed by atoms with Crippen molar-refractivity contribution in [3.63, 3.8) is 0 Å². The first-order valence-corrected chi connectivity index (χ1v) is 9.83. The predicted octanol–water partition coefficient (Wildman–Crippen LogP) is 3.88. The van der Waals surface area contributed by atoms with Crippen LogP contribution in [-0.4, -0.2) is 17.6 Å². The Morgan fingerprint density at radius 1 is 1.07 bits per heavy atom. The molecule has 4 N–H and O–H groups in total. The lowest BCUT2D eigenvalue weighted by atomic mass is 9.97. The average Bonchev–Trinajstić information content (AvgIpc) is 2.79. The Balaban J connectivity index is 2.01. The number of nitrogens with two attached hydrogens (primary N) is 2. The fraction of sp³-hybridized carbons (Fsp3) is 0.182. The Morgan fingerprint density at radius 2 is 1.93 bits per heavy atom. The molecule has 0 unspecified atom stereocenters. The summed E-state index contributed by atoms with van der Waals surface area (Å²) in [6.07, 6.45) is 14.6. The molecule has 2 amide bonds. The van der Waals surface area contributed by atoms with Crippen LogP contribution in [-0.2, 0) is 4.79 Å². The fourth-order valence-corrected chi connectivity index (χ4v) is 4.20. The van der Waals surface area contributed by atoms with E-state index in [2.05, 4.69) is 18.2 Å². The summed E-state index contributed by atoms with van der Waals surface area (Å²) >= 11 is 1.64. The van der Waals surface area contributed by atoms with Crippen LogP contribution in [0.25, 0.3) is 5.57 Å². The molecule has 138 valence electrons. The zero-order valence-corrected chi connectivity index (χ0v) is 15.8. The summed E-state index contributed by atoms with van der Waals surface area (Å²) in [5, 5.41) is 0. The van der Waals surface area contributed by atoms with Gasteiger partial charge in [0.2, 0.25) is 11.8 Å². The summed E-state index contributed by atoms with van der Waals surface area (Å²) in [5.74, 6) is -0.117. The molecule has 2 aliphatic rings. The molecule has 27 heavy (non-hydrogen) atoms. The van der Waals surface area contributed by atoms with Crippen LogP contribution >= 0.6 is 11.8 Å². The Hall–Kier alpha value is -2.79. The third-order valence-corrected chi connectivity index (χ3v) is 5.66. The largest absolute Gasteiger partial charge is 0.366 e. The van der Waals surface area contributed by atoms with E-state index in [0.717, 1.165) is 40.2 Å². The maximum Gasteiger partial charge on any atom is 0.248 e. The van der Waals surface area contributed by atoms with Gasteiger partial charge in [-0.15, -0.1) is 11.8 Å². The summed E-state index contributed by atoms with van der Waals surface area (Å²) in [7, 11) is 0. The van der Waals surface area contributed by atoms with Crippen LogP contribution in [0.15, 0.2) is 76.8 Å². The Morgan fingerprint density at radius 3 is 2.63 bits per heavy atom. The average molecular weight is 378 g/mol. The first kappa shape index (κ1) is 19.0. The van der Waals surface area contributed by atoms with Crippen molar-refractivity contribution in [1.82, 2.24) is 0 Å². The molecule has 1 aromatic rings. The molecule has 0 saturated heterocycles. The van der Waals surface area contributed by atoms with Gasteiger partial charge in [0.15, 0.2) is 0 Å². The maximum atomic E-state index is 12.2. The first-order valence-electron chi connectivity index (χ1n) is 8.85. The second-order valence-electron chi connectivity index (χ2n) is 6.35. The van der Waals surface area contributed by atoms with Crippen molar-refractivity contribution < 1.29 is 9.59 Å². The number of carbonyl (C=O) groups excluding carboxylic acids is 2. The number of hydrogen-bond donors (Lipinski definition) is 2. The fourth-order valence-electron chi connectivity index (χ4n) is 3.12. The van der Waals surface area contributed by atoms with Crippen LogP contribution in [0.1, 0.15) is 35.2 Å². The predicted molar refractivity (Wildman–Crippen MR) is 112 cm³/mol. The highest BCUT2D eigenvalue weighted by atomic mass is 32.2. The van der Waals surface area contributed by atoms with E-state index in [1.807, 2.05) is 24.3 Å². The summed E-state index contributed by atoms with van der Waals surface area (Å²) in [5.41, 5.74) is 15.2. The molecule has 1 aliphatic carbocycles. The topological polar surface area (TPSA) is 86.2 Å². The van der Waals surface area contributed by atoms with E-state index in [1.54, 1.807) is 30.0 Å². The molecule has 5 heteroatoms. The van der Waals surface area contributed by atoms with Crippen LogP contribution in [0.3, 0.4) is 0 Å². The van der Waals surface area contributed by atoms with Crippen LogP contribution < -0.4 is 11.5 Å². The number of thioether (sulfide) groups is 1. The van der Waals surface area contributed by atoms with Crippen LogP contribution in [0.5, 0.6) is 0 Å². The summed E-state index contributed by atoms with van der Waals surface area (Å²) in [6, 6.07) is 7.20. The molecule has 1 aromatic carbocycles. The third kappa shape index (κ3) is 4.68. The SMILES string of the molecule is NC(=O)/C1=C(\C2=CC=CCC2)SC/C=C\C(c2cccc(C(N)=O)c2)=C/C1. The van der Waals surface area contributed by atoms with Crippen LogP contribution in [0.4, 0.5) is 0 Å². The summed E-state index contributed by atoms with van der Waals surface area (Å²) in [6.45, 7) is 0. The Bertz CT molecular complexity index is 920. The van der Waals surface area contributed by atoms with Gasteiger partial charge in [-0.2, -0.15) is 0 Å². The van der Waals surface area contributed by atoms with Gasteiger partial charge in [0.25, 0.3) is 0 Å². The minimum Gasteiger partial charge on any atom is -0.366 e. The van der Waals surface area contributed by atoms with E-state index < -0.39 is 11.8 Å². The second kappa shape index (κ2) is 8.73. The van der Waals surface area contributed by atoms with E-state index in [-0.39, 0.29) is 0 Å². The normalized spacial score (nSPS) is 23.3. The summed E-state index contributed by atoms with van der Waals surface area (Å²) in [4.78, 5) is 24.6. The number of rotatable bonds is 4. The molecule has 0 spiro atoms. The van der Waals surface area contributed by atoms with E-state index >= 15 is 0 Å². The van der Waals surface area contributed by atoms with Gasteiger partial charge in [0.05, 0.1) is 0 Å². The monoisotopic (exact) mass is 378 g/mol. The molecule has 0 aromatic heterocycles. The number of allylic oxidation sites excluding steroid dienone is 7. The van der Waals surface area contributed by atoms with E-state index in [9.17, 15) is 9.59 Å². The van der Waals surface area contributed by atoms with Crippen molar-refractivity contribution in [2.75, 3.05) is 5.75 Å². The van der Waals surface area contributed by atoms with Gasteiger partial charge in [-0.25, -0.2) is 0 Å². The molecule has 0 bridgehead atoms. The van der Waals surface area contributed by atoms with Gasteiger partial charge < -0.3 is 11.5 Å². The zero-order valence-electron chi connectivity index (χ0n) is 15.0. The van der Waals surface area contributed by atoms with E-state index in [0.29, 0.717) is 17.6 Å². The van der Waals surface area contributed by atoms with Gasteiger partial charge in [0.1, 0.15) is 0 Å². The molecule has 0 fully saturated rings. The second-order valence-corrected chi connectivity index (χ2v) is 7.38. The van der Waals surface area contributed by atoms with Crippen molar-refractivity contribution in [2.24, 2.45) is 11.5 Å². The molecule has 1 aliphatic heterocycles. The van der Waals surface area contributed by atoms with Crippen LogP contribution in [0, 0.1) is 0 Å². The van der Waals surface area contributed by atoms with Crippen LogP contribution in [0.2, 0.25) is 0 Å². The van der Waals surface area contributed by atoms with Crippen molar-refractivity contribution in [3.8, 4) is 0 Å². The highest BCUT2D eigenvalue weighted by Crippen LogP contribution is 2.35. The summed E-state index contributed by atoms with van der Waals surface area (Å²) < 4.78 is 0. The number of carbonyl (C=O) groups is 2. The molecular formula is C22H22N2O2S. The molecule has 0 radical (unpaired) electrons. The number of hydrogen-bond acceptors (Lipinski definition) is 3. The lowest BCUT2D eigenvalue weighted by Crippen LogP contribution is -2.16. The van der Waals surface area contributed by atoms with Crippen molar-refractivity contribution in [1.29, 1.82) is 0 Å². The first-order chi connectivity index (χ1) is 13.1. The number of amides is 2.